The van der Waals surface area contributed by atoms with Crippen LogP contribution in [0.4, 0.5) is 0 Å². The maximum atomic E-state index is 13.2. The number of hydrogen-bond donors (Lipinski definition) is 1. The Balaban J connectivity index is 1.87. The molecule has 26 heavy (non-hydrogen) atoms. The fourth-order valence-electron chi connectivity index (χ4n) is 2.71. The third-order valence-corrected chi connectivity index (χ3v) is 7.20. The molecule has 8 heteroatoms. The number of sulfone groups is 1. The average molecular weight is 396 g/mol. The number of ether oxygens (including phenoxy) is 2. The van der Waals surface area contributed by atoms with Crippen LogP contribution in [-0.4, -0.2) is 27.7 Å². The van der Waals surface area contributed by atoms with E-state index in [2.05, 4.69) is 5.32 Å². The summed E-state index contributed by atoms with van der Waals surface area (Å²) in [5.74, 6) is 1.00. The van der Waals surface area contributed by atoms with Crippen LogP contribution in [0.2, 0.25) is 0 Å². The van der Waals surface area contributed by atoms with Gasteiger partial charge >= 0.3 is 0 Å². The SMILES string of the molecule is CC(C)CC(=O)NC[C@H](c1cccs1)S(=O)(=O)c1ccc2c(c1)OCO2. The summed E-state index contributed by atoms with van der Waals surface area (Å²) in [4.78, 5) is 12.8. The maximum Gasteiger partial charge on any atom is 0.231 e. The predicted molar refractivity (Wildman–Crippen MR) is 99.3 cm³/mol. The molecule has 1 aliphatic heterocycles. The molecule has 1 amide bonds. The summed E-state index contributed by atoms with van der Waals surface area (Å²) in [5.41, 5.74) is 0. The van der Waals surface area contributed by atoms with Crippen LogP contribution in [-0.2, 0) is 14.6 Å². The van der Waals surface area contributed by atoms with E-state index in [0.29, 0.717) is 22.8 Å². The molecule has 0 radical (unpaired) electrons. The Morgan fingerprint density at radius 2 is 2.00 bits per heavy atom. The van der Waals surface area contributed by atoms with Crippen molar-refractivity contribution in [3.63, 3.8) is 0 Å². The Hall–Kier alpha value is -2.06. The lowest BCUT2D eigenvalue weighted by atomic mass is 10.1. The van der Waals surface area contributed by atoms with Gasteiger partial charge in [-0.25, -0.2) is 8.42 Å². The van der Waals surface area contributed by atoms with E-state index in [0.717, 1.165) is 0 Å². The van der Waals surface area contributed by atoms with Crippen molar-refractivity contribution in [1.29, 1.82) is 0 Å². The van der Waals surface area contributed by atoms with Crippen LogP contribution in [0.5, 0.6) is 11.5 Å². The molecule has 2 aromatic rings. The van der Waals surface area contributed by atoms with E-state index in [-0.39, 0.29) is 30.1 Å². The molecule has 3 rings (SSSR count). The Labute approximate surface area is 157 Å². The van der Waals surface area contributed by atoms with Gasteiger partial charge in [-0.3, -0.25) is 4.79 Å². The number of nitrogens with one attached hydrogen (secondary N) is 1. The second-order valence-electron chi connectivity index (χ2n) is 6.47. The standard InChI is InChI=1S/C18H21NO5S2/c1-12(2)8-18(20)19-10-17(16-4-3-7-25-16)26(21,22)13-5-6-14-15(9-13)24-11-23-14/h3-7,9,12,17H,8,10-11H2,1-2H3,(H,19,20)/t17-/m1/s1. The average Bonchev–Trinajstić information content (AvgIpc) is 3.25. The van der Waals surface area contributed by atoms with Crippen molar-refractivity contribution in [3.8, 4) is 11.5 Å². The van der Waals surface area contributed by atoms with Crippen molar-refractivity contribution in [2.24, 2.45) is 5.92 Å². The van der Waals surface area contributed by atoms with Gasteiger partial charge in [-0.15, -0.1) is 11.3 Å². The Bertz CT molecular complexity index is 875. The maximum absolute atomic E-state index is 13.2. The Morgan fingerprint density at radius 1 is 1.23 bits per heavy atom. The van der Waals surface area contributed by atoms with Crippen molar-refractivity contribution < 1.29 is 22.7 Å². The van der Waals surface area contributed by atoms with Crippen LogP contribution < -0.4 is 14.8 Å². The number of fused-ring (bicyclic) bond motifs is 1. The van der Waals surface area contributed by atoms with Gasteiger partial charge in [-0.1, -0.05) is 19.9 Å². The number of hydrogen-bond acceptors (Lipinski definition) is 6. The molecule has 1 aliphatic rings. The quantitative estimate of drug-likeness (QED) is 0.779. The largest absolute Gasteiger partial charge is 0.454 e. The minimum absolute atomic E-state index is 0.0306. The van der Waals surface area contributed by atoms with Crippen molar-refractivity contribution in [1.82, 2.24) is 5.32 Å². The predicted octanol–water partition coefficient (Wildman–Crippen LogP) is 3.15. The molecular formula is C18H21NO5S2. The Kier molecular flexibility index (Phi) is 5.52. The topological polar surface area (TPSA) is 81.7 Å². The smallest absolute Gasteiger partial charge is 0.231 e. The molecule has 140 valence electrons. The van der Waals surface area contributed by atoms with E-state index in [1.165, 1.54) is 23.5 Å². The zero-order valence-corrected chi connectivity index (χ0v) is 16.2. The van der Waals surface area contributed by atoms with Gasteiger partial charge in [0.05, 0.1) is 4.90 Å². The molecule has 0 saturated carbocycles. The lowest BCUT2D eigenvalue weighted by molar-refractivity contribution is -0.121. The highest BCUT2D eigenvalue weighted by atomic mass is 32.2. The summed E-state index contributed by atoms with van der Waals surface area (Å²) < 4.78 is 37.0. The molecule has 0 unspecified atom stereocenters. The van der Waals surface area contributed by atoms with Crippen LogP contribution in [0, 0.1) is 5.92 Å². The summed E-state index contributed by atoms with van der Waals surface area (Å²) in [6.45, 7) is 4.00. The second kappa shape index (κ2) is 7.67. The number of carbonyl (C=O) groups excluding carboxylic acids is 1. The summed E-state index contributed by atoms with van der Waals surface area (Å²) in [6.07, 6.45) is 0.362. The summed E-state index contributed by atoms with van der Waals surface area (Å²) in [5, 5.41) is 3.74. The number of thiophene rings is 1. The van der Waals surface area contributed by atoms with Gasteiger partial charge in [0.25, 0.3) is 0 Å². The summed E-state index contributed by atoms with van der Waals surface area (Å²) in [7, 11) is -3.71. The first kappa shape index (κ1) is 18.7. The van der Waals surface area contributed by atoms with Crippen LogP contribution in [0.3, 0.4) is 0 Å². The van der Waals surface area contributed by atoms with Gasteiger partial charge in [-0.2, -0.15) is 0 Å². The summed E-state index contributed by atoms with van der Waals surface area (Å²) in [6, 6.07) is 8.16. The molecular weight excluding hydrogens is 374 g/mol. The fraction of sp³-hybridized carbons (Fsp3) is 0.389. The molecule has 1 N–H and O–H groups in total. The zero-order chi connectivity index (χ0) is 18.7. The van der Waals surface area contributed by atoms with E-state index < -0.39 is 15.1 Å². The van der Waals surface area contributed by atoms with Crippen molar-refractivity contribution in [2.75, 3.05) is 13.3 Å². The first-order chi connectivity index (χ1) is 12.4. The van der Waals surface area contributed by atoms with Gasteiger partial charge in [0.2, 0.25) is 12.7 Å². The number of rotatable bonds is 7. The highest BCUT2D eigenvalue weighted by Gasteiger charge is 2.32. The van der Waals surface area contributed by atoms with Crippen molar-refractivity contribution >= 4 is 27.1 Å². The first-order valence-corrected chi connectivity index (χ1v) is 10.7. The normalized spacial score (nSPS) is 14.4. The van der Waals surface area contributed by atoms with Gasteiger partial charge in [-0.05, 0) is 29.5 Å². The Morgan fingerprint density at radius 3 is 2.69 bits per heavy atom. The molecule has 6 nitrogen and oxygen atoms in total. The molecule has 0 bridgehead atoms. The van der Waals surface area contributed by atoms with Gasteiger partial charge < -0.3 is 14.8 Å². The second-order valence-corrected chi connectivity index (χ2v) is 9.58. The molecule has 1 aromatic heterocycles. The van der Waals surface area contributed by atoms with Crippen LogP contribution in [0.1, 0.15) is 30.4 Å². The molecule has 1 aromatic carbocycles. The minimum atomic E-state index is -3.71. The fourth-order valence-corrected chi connectivity index (χ4v) is 5.50. The molecule has 0 fully saturated rings. The van der Waals surface area contributed by atoms with E-state index in [9.17, 15) is 13.2 Å². The highest BCUT2D eigenvalue weighted by molar-refractivity contribution is 7.91. The van der Waals surface area contributed by atoms with E-state index >= 15 is 0 Å². The van der Waals surface area contributed by atoms with E-state index in [4.69, 9.17) is 9.47 Å². The van der Waals surface area contributed by atoms with Crippen LogP contribution >= 0.6 is 11.3 Å². The molecule has 0 aliphatic carbocycles. The lowest BCUT2D eigenvalue weighted by Gasteiger charge is -2.18. The summed E-state index contributed by atoms with van der Waals surface area (Å²) >= 11 is 1.36. The van der Waals surface area contributed by atoms with Gasteiger partial charge in [0.1, 0.15) is 5.25 Å². The van der Waals surface area contributed by atoms with Gasteiger partial charge in [0.15, 0.2) is 21.3 Å². The van der Waals surface area contributed by atoms with Crippen molar-refractivity contribution in [2.45, 2.75) is 30.4 Å². The zero-order valence-electron chi connectivity index (χ0n) is 14.6. The molecule has 2 heterocycles. The third-order valence-electron chi connectivity index (χ3n) is 3.99. The van der Waals surface area contributed by atoms with Crippen molar-refractivity contribution in [3.05, 3.63) is 40.6 Å². The van der Waals surface area contributed by atoms with E-state index in [1.807, 2.05) is 19.2 Å². The minimum Gasteiger partial charge on any atom is -0.454 e. The van der Waals surface area contributed by atoms with E-state index in [1.54, 1.807) is 18.2 Å². The highest BCUT2D eigenvalue weighted by Crippen LogP contribution is 2.38. The van der Waals surface area contributed by atoms with Gasteiger partial charge in [0, 0.05) is 23.9 Å². The molecule has 0 spiro atoms. The molecule has 1 atom stereocenters. The number of benzene rings is 1. The third kappa shape index (κ3) is 4.02. The monoisotopic (exact) mass is 395 g/mol. The van der Waals surface area contributed by atoms with Crippen LogP contribution in [0.15, 0.2) is 40.6 Å². The first-order valence-electron chi connectivity index (χ1n) is 8.31. The number of amides is 1. The molecule has 0 saturated heterocycles. The van der Waals surface area contributed by atoms with Crippen LogP contribution in [0.25, 0.3) is 0 Å². The number of carbonyl (C=O) groups is 1. The lowest BCUT2D eigenvalue weighted by Crippen LogP contribution is -2.32.